The first-order chi connectivity index (χ1) is 19.5. The van der Waals surface area contributed by atoms with Gasteiger partial charge in [-0.2, -0.15) is 0 Å². The van der Waals surface area contributed by atoms with E-state index in [0.717, 1.165) is 18.5 Å². The van der Waals surface area contributed by atoms with Crippen LogP contribution >= 0.6 is 23.4 Å². The van der Waals surface area contributed by atoms with Crippen molar-refractivity contribution in [1.29, 1.82) is 0 Å². The van der Waals surface area contributed by atoms with E-state index in [1.54, 1.807) is 36.1 Å². The smallest absolute Gasteiger partial charge is 0.410 e. The predicted molar refractivity (Wildman–Crippen MR) is 160 cm³/mol. The number of amides is 1. The maximum absolute atomic E-state index is 14.0. The van der Waals surface area contributed by atoms with Crippen LogP contribution in [0.4, 0.5) is 4.79 Å². The van der Waals surface area contributed by atoms with Crippen LogP contribution in [0.15, 0.2) is 34.3 Å². The minimum Gasteiger partial charge on any atom is -0.497 e. The van der Waals surface area contributed by atoms with E-state index in [0.29, 0.717) is 76.5 Å². The molecule has 0 bridgehead atoms. The van der Waals surface area contributed by atoms with E-state index in [2.05, 4.69) is 9.88 Å². The van der Waals surface area contributed by atoms with Crippen LogP contribution in [-0.4, -0.2) is 89.2 Å². The van der Waals surface area contributed by atoms with Crippen LogP contribution in [0, 0.1) is 11.8 Å². The Kier molecular flexibility index (Phi) is 8.41. The minimum absolute atomic E-state index is 0.198. The number of nitrogens with zero attached hydrogens (tertiary/aromatic N) is 5. The molecule has 5 rings (SSSR count). The van der Waals surface area contributed by atoms with E-state index < -0.39 is 5.60 Å². The zero-order chi connectivity index (χ0) is 29.5. The van der Waals surface area contributed by atoms with Gasteiger partial charge >= 0.3 is 6.09 Å². The molecule has 2 aliphatic heterocycles. The van der Waals surface area contributed by atoms with Crippen LogP contribution < -0.4 is 15.0 Å². The monoisotopic (exact) mass is 601 g/mol. The van der Waals surface area contributed by atoms with E-state index in [9.17, 15) is 9.59 Å². The molecule has 2 saturated heterocycles. The number of likely N-dealkylation sites (tertiary alicyclic amines) is 2. The third-order valence-electron chi connectivity index (χ3n) is 7.60. The van der Waals surface area contributed by atoms with Gasteiger partial charge in [0.1, 0.15) is 22.7 Å². The molecule has 10 nitrogen and oxygen atoms in total. The van der Waals surface area contributed by atoms with Crippen LogP contribution in [-0.2, 0) is 11.3 Å². The predicted octanol–water partition coefficient (Wildman–Crippen LogP) is 4.65. The molecular formula is C29H36ClN5O5S. The molecule has 0 spiro atoms. The average Bonchev–Trinajstić information content (AvgIpc) is 3.51. The molecule has 2 aliphatic rings. The lowest BCUT2D eigenvalue weighted by Gasteiger charge is -2.26. The second-order valence-electron chi connectivity index (χ2n) is 11.5. The first-order valence-electron chi connectivity index (χ1n) is 13.6. The second kappa shape index (κ2) is 11.7. The summed E-state index contributed by atoms with van der Waals surface area (Å²) in [6.45, 7) is 9.87. The molecule has 0 unspecified atom stereocenters. The maximum Gasteiger partial charge on any atom is 0.410 e. The topological polar surface area (TPSA) is 99.0 Å². The fraction of sp³-hybridized carbons (Fsp3) is 0.517. The second-order valence-corrected chi connectivity index (χ2v) is 12.7. The molecule has 2 fully saturated rings. The van der Waals surface area contributed by atoms with Crippen molar-refractivity contribution in [3.63, 3.8) is 0 Å². The number of thioether (sulfide) groups is 1. The summed E-state index contributed by atoms with van der Waals surface area (Å²) in [5.74, 6) is 1.72. The molecular weight excluding hydrogens is 566 g/mol. The molecule has 2 aromatic heterocycles. The fourth-order valence-corrected chi connectivity index (χ4v) is 6.29. The highest BCUT2D eigenvalue weighted by molar-refractivity contribution is 7.98. The van der Waals surface area contributed by atoms with Crippen LogP contribution in [0.2, 0.25) is 5.02 Å². The Morgan fingerprint density at radius 3 is 2.37 bits per heavy atom. The highest BCUT2D eigenvalue weighted by Crippen LogP contribution is 2.39. The van der Waals surface area contributed by atoms with Gasteiger partial charge in [-0.1, -0.05) is 23.4 Å². The SMILES string of the molecule is COc1cc(OC)c(Cl)c(-c2cc3cnc(SC)nc3n(CCN3C[C@@H]4CN(C(=O)OC(C)(C)C)C[C@@H]4C3)c2=O)c1. The van der Waals surface area contributed by atoms with E-state index in [1.165, 1.54) is 18.9 Å². The largest absolute Gasteiger partial charge is 0.497 e. The van der Waals surface area contributed by atoms with Gasteiger partial charge in [0, 0.05) is 68.0 Å². The van der Waals surface area contributed by atoms with Crippen molar-refractivity contribution < 1.29 is 19.0 Å². The third-order valence-corrected chi connectivity index (χ3v) is 8.55. The molecule has 0 saturated carbocycles. The van der Waals surface area contributed by atoms with Crippen molar-refractivity contribution in [3.05, 3.63) is 39.8 Å². The maximum atomic E-state index is 14.0. The molecule has 41 heavy (non-hydrogen) atoms. The molecule has 4 heterocycles. The standard InChI is InChI=1S/C29H36ClN5O5S/c1-29(2,3)40-28(37)34-15-18-13-33(14-19(18)16-34)7-8-35-25-17(12-31-27(32-25)41-6)9-22(26(35)36)21-10-20(38-4)11-23(39-5)24(21)30/h9-12,18-19H,7-8,13-16H2,1-6H3/t18-,19+. The Labute approximate surface area is 248 Å². The lowest BCUT2D eigenvalue weighted by molar-refractivity contribution is 0.0274. The number of benzene rings is 1. The van der Waals surface area contributed by atoms with Crippen molar-refractivity contribution in [3.8, 4) is 22.6 Å². The summed E-state index contributed by atoms with van der Waals surface area (Å²) in [6.07, 6.45) is 3.40. The summed E-state index contributed by atoms with van der Waals surface area (Å²) in [6, 6.07) is 5.21. The van der Waals surface area contributed by atoms with Crippen molar-refractivity contribution in [1.82, 2.24) is 24.3 Å². The molecule has 1 amide bonds. The van der Waals surface area contributed by atoms with E-state index in [1.807, 2.05) is 31.9 Å². The highest BCUT2D eigenvalue weighted by Gasteiger charge is 2.42. The number of ether oxygens (including phenoxy) is 3. The molecule has 1 aromatic carbocycles. The zero-order valence-corrected chi connectivity index (χ0v) is 25.8. The number of aromatic nitrogens is 3. The summed E-state index contributed by atoms with van der Waals surface area (Å²) < 4.78 is 18.2. The third kappa shape index (κ3) is 6.12. The van der Waals surface area contributed by atoms with Gasteiger partial charge < -0.3 is 24.0 Å². The van der Waals surface area contributed by atoms with Gasteiger partial charge in [-0.05, 0) is 51.0 Å². The Morgan fingerprint density at radius 1 is 1.05 bits per heavy atom. The van der Waals surface area contributed by atoms with Crippen LogP contribution in [0.1, 0.15) is 20.8 Å². The number of halogens is 1. The van der Waals surface area contributed by atoms with Gasteiger partial charge in [0.05, 0.1) is 19.2 Å². The van der Waals surface area contributed by atoms with Gasteiger partial charge in [-0.3, -0.25) is 9.36 Å². The summed E-state index contributed by atoms with van der Waals surface area (Å²) in [5, 5.41) is 1.67. The normalized spacial score (nSPS) is 19.0. The summed E-state index contributed by atoms with van der Waals surface area (Å²) in [7, 11) is 3.08. The van der Waals surface area contributed by atoms with Gasteiger partial charge in [0.15, 0.2) is 5.16 Å². The summed E-state index contributed by atoms with van der Waals surface area (Å²) >= 11 is 8.12. The number of fused-ring (bicyclic) bond motifs is 2. The van der Waals surface area contributed by atoms with Crippen LogP contribution in [0.25, 0.3) is 22.2 Å². The quantitative estimate of drug-likeness (QED) is 0.283. The number of pyridine rings is 1. The number of carbonyl (C=O) groups is 1. The Morgan fingerprint density at radius 2 is 1.76 bits per heavy atom. The Bertz CT molecular complexity index is 1510. The summed E-state index contributed by atoms with van der Waals surface area (Å²) in [5.41, 5.74) is 0.822. The lowest BCUT2D eigenvalue weighted by atomic mass is 10.0. The molecule has 12 heteroatoms. The molecule has 3 aromatic rings. The first kappa shape index (κ1) is 29.5. The zero-order valence-electron chi connectivity index (χ0n) is 24.3. The van der Waals surface area contributed by atoms with E-state index >= 15 is 0 Å². The lowest BCUT2D eigenvalue weighted by Crippen LogP contribution is -2.38. The van der Waals surface area contributed by atoms with Crippen molar-refractivity contribution in [2.24, 2.45) is 11.8 Å². The minimum atomic E-state index is -0.509. The molecule has 0 aliphatic carbocycles. The Hall–Kier alpha value is -3.02. The van der Waals surface area contributed by atoms with Gasteiger partial charge in [0.25, 0.3) is 5.56 Å². The number of methoxy groups -OCH3 is 2. The number of carbonyl (C=O) groups excluding carboxylic acids is 1. The number of hydrogen-bond acceptors (Lipinski definition) is 9. The van der Waals surface area contributed by atoms with E-state index in [-0.39, 0.29) is 11.7 Å². The van der Waals surface area contributed by atoms with E-state index in [4.69, 9.17) is 30.8 Å². The van der Waals surface area contributed by atoms with Gasteiger partial charge in [-0.25, -0.2) is 14.8 Å². The molecule has 2 atom stereocenters. The van der Waals surface area contributed by atoms with Crippen molar-refractivity contribution in [2.45, 2.75) is 38.1 Å². The summed E-state index contributed by atoms with van der Waals surface area (Å²) in [4.78, 5) is 39.9. The van der Waals surface area contributed by atoms with Crippen molar-refractivity contribution >= 4 is 40.5 Å². The molecule has 220 valence electrons. The van der Waals surface area contributed by atoms with Gasteiger partial charge in [-0.15, -0.1) is 0 Å². The fourth-order valence-electron chi connectivity index (χ4n) is 5.67. The molecule has 0 N–H and O–H groups in total. The Balaban J connectivity index is 1.41. The number of rotatable bonds is 7. The molecule has 0 radical (unpaired) electrons. The van der Waals surface area contributed by atoms with Crippen LogP contribution in [0.5, 0.6) is 11.5 Å². The van der Waals surface area contributed by atoms with Gasteiger partial charge in [0.2, 0.25) is 0 Å². The van der Waals surface area contributed by atoms with Crippen LogP contribution in [0.3, 0.4) is 0 Å². The highest BCUT2D eigenvalue weighted by atomic mass is 35.5. The number of hydrogen-bond donors (Lipinski definition) is 0. The average molecular weight is 602 g/mol. The van der Waals surface area contributed by atoms with Crippen molar-refractivity contribution in [2.75, 3.05) is 53.2 Å². The first-order valence-corrected chi connectivity index (χ1v) is 15.2.